The van der Waals surface area contributed by atoms with E-state index in [0.717, 1.165) is 23.3 Å². The fraction of sp³-hybridized carbons (Fsp3) is 0.350. The molecule has 2 aromatic rings. The van der Waals surface area contributed by atoms with Gasteiger partial charge in [-0.25, -0.2) is 0 Å². The maximum absolute atomic E-state index is 10.8. The summed E-state index contributed by atoms with van der Waals surface area (Å²) in [5, 5.41) is 10.2. The van der Waals surface area contributed by atoms with Gasteiger partial charge in [0.2, 0.25) is 0 Å². The van der Waals surface area contributed by atoms with Crippen molar-refractivity contribution in [1.29, 1.82) is 0 Å². The molecule has 0 saturated heterocycles. The molecule has 1 aliphatic heterocycles. The molecular weight excluding hydrogens is 411 g/mol. The lowest BCUT2D eigenvalue weighted by Crippen LogP contribution is -2.25. The first-order valence-electron chi connectivity index (χ1n) is 8.47. The Morgan fingerprint density at radius 3 is 2.48 bits per heavy atom. The van der Waals surface area contributed by atoms with Crippen molar-refractivity contribution in [1.82, 2.24) is 0 Å². The topological polar surface area (TPSA) is 55.8 Å². The molecule has 0 atom stereocenters. The molecule has 0 fully saturated rings. The van der Waals surface area contributed by atoms with E-state index in [-0.39, 0.29) is 25.0 Å². The molecule has 0 radical (unpaired) electrons. The second-order valence-electron chi connectivity index (χ2n) is 7.14. The number of benzene rings is 2. The number of hydrogen-bond acceptors (Lipinski definition) is 3. The van der Waals surface area contributed by atoms with Crippen LogP contribution in [0.15, 0.2) is 24.3 Å². The van der Waals surface area contributed by atoms with Gasteiger partial charge in [-0.3, -0.25) is 4.79 Å². The zero-order valence-corrected chi connectivity index (χ0v) is 17.2. The van der Waals surface area contributed by atoms with Crippen LogP contribution < -0.4 is 9.47 Å². The standard InChI is InChI=1S/C20H19Cl3O4/c1-20(2)9-11-5-13(21)6-12(19(11)27-20)10-26-14-7-16(22)15(17(23)8-14)3-4-18(24)25/h5-8H,3-4,9-10H2,1-2H3,(H,24,25). The molecule has 1 N–H and O–H groups in total. The van der Waals surface area contributed by atoms with Crippen molar-refractivity contribution >= 4 is 40.8 Å². The molecule has 0 spiro atoms. The van der Waals surface area contributed by atoms with E-state index in [4.69, 9.17) is 49.4 Å². The SMILES string of the molecule is CC1(C)Cc2cc(Cl)cc(COc3cc(Cl)c(CCC(=O)O)c(Cl)c3)c2O1. The average molecular weight is 430 g/mol. The summed E-state index contributed by atoms with van der Waals surface area (Å²) >= 11 is 18.7. The van der Waals surface area contributed by atoms with Crippen molar-refractivity contribution < 1.29 is 19.4 Å². The molecule has 0 unspecified atom stereocenters. The summed E-state index contributed by atoms with van der Waals surface area (Å²) in [5.74, 6) is 0.398. The van der Waals surface area contributed by atoms with Gasteiger partial charge in [0.15, 0.2) is 0 Å². The normalized spacial score (nSPS) is 14.6. The monoisotopic (exact) mass is 428 g/mol. The maximum atomic E-state index is 10.8. The molecule has 0 saturated carbocycles. The highest BCUT2D eigenvalue weighted by molar-refractivity contribution is 6.36. The lowest BCUT2D eigenvalue weighted by molar-refractivity contribution is -0.136. The summed E-state index contributed by atoms with van der Waals surface area (Å²) in [6, 6.07) is 7.02. The zero-order chi connectivity index (χ0) is 19.8. The van der Waals surface area contributed by atoms with Gasteiger partial charge in [0, 0.05) is 33.5 Å². The van der Waals surface area contributed by atoms with E-state index in [1.807, 2.05) is 26.0 Å². The van der Waals surface area contributed by atoms with E-state index in [2.05, 4.69) is 0 Å². The summed E-state index contributed by atoms with van der Waals surface area (Å²) in [6.45, 7) is 4.31. The van der Waals surface area contributed by atoms with Crippen molar-refractivity contribution in [3.63, 3.8) is 0 Å². The minimum Gasteiger partial charge on any atom is -0.489 e. The molecule has 144 valence electrons. The van der Waals surface area contributed by atoms with Crippen LogP contribution in [0.25, 0.3) is 0 Å². The summed E-state index contributed by atoms with van der Waals surface area (Å²) < 4.78 is 11.9. The van der Waals surface area contributed by atoms with Crippen LogP contribution in [0.1, 0.15) is 37.0 Å². The quantitative estimate of drug-likeness (QED) is 0.616. The van der Waals surface area contributed by atoms with E-state index >= 15 is 0 Å². The highest BCUT2D eigenvalue weighted by Gasteiger charge is 2.32. The Morgan fingerprint density at radius 2 is 1.85 bits per heavy atom. The fourth-order valence-electron chi connectivity index (χ4n) is 3.15. The van der Waals surface area contributed by atoms with E-state index in [1.165, 1.54) is 0 Å². The lowest BCUT2D eigenvalue weighted by Gasteiger charge is -2.18. The molecule has 0 bridgehead atoms. The molecule has 4 nitrogen and oxygen atoms in total. The second-order valence-corrected chi connectivity index (χ2v) is 8.39. The van der Waals surface area contributed by atoms with Crippen LogP contribution in [-0.4, -0.2) is 16.7 Å². The summed E-state index contributed by atoms with van der Waals surface area (Å²) in [5.41, 5.74) is 2.23. The largest absolute Gasteiger partial charge is 0.489 e. The molecule has 1 heterocycles. The van der Waals surface area contributed by atoms with Gasteiger partial charge < -0.3 is 14.6 Å². The number of ether oxygens (including phenoxy) is 2. The Kier molecular flexibility index (Phi) is 5.80. The zero-order valence-electron chi connectivity index (χ0n) is 14.9. The van der Waals surface area contributed by atoms with Crippen LogP contribution in [0, 0.1) is 0 Å². The molecule has 0 amide bonds. The van der Waals surface area contributed by atoms with Gasteiger partial charge in [0.25, 0.3) is 0 Å². The minimum absolute atomic E-state index is 0.0403. The summed E-state index contributed by atoms with van der Waals surface area (Å²) in [7, 11) is 0. The maximum Gasteiger partial charge on any atom is 0.303 e. The molecule has 2 aromatic carbocycles. The van der Waals surface area contributed by atoms with E-state index in [9.17, 15) is 4.79 Å². The lowest BCUT2D eigenvalue weighted by atomic mass is 10.0. The predicted octanol–water partition coefficient (Wildman–Crippen LogP) is 5.96. The Bertz CT molecular complexity index is 870. The van der Waals surface area contributed by atoms with Gasteiger partial charge >= 0.3 is 5.97 Å². The van der Waals surface area contributed by atoms with Gasteiger partial charge in [-0.15, -0.1) is 0 Å². The minimum atomic E-state index is -0.903. The van der Waals surface area contributed by atoms with Gasteiger partial charge in [-0.05, 0) is 55.7 Å². The first kappa shape index (κ1) is 20.1. The third-order valence-electron chi connectivity index (χ3n) is 4.30. The molecule has 0 aromatic heterocycles. The molecule has 1 aliphatic rings. The van der Waals surface area contributed by atoms with E-state index in [1.54, 1.807) is 12.1 Å². The second kappa shape index (κ2) is 7.78. The van der Waals surface area contributed by atoms with Crippen LogP contribution in [-0.2, 0) is 24.2 Å². The van der Waals surface area contributed by atoms with Crippen LogP contribution in [0.4, 0.5) is 0 Å². The van der Waals surface area contributed by atoms with Crippen molar-refractivity contribution in [2.45, 2.75) is 45.3 Å². The third-order valence-corrected chi connectivity index (χ3v) is 5.19. The summed E-state index contributed by atoms with van der Waals surface area (Å²) in [4.78, 5) is 10.8. The smallest absolute Gasteiger partial charge is 0.303 e. The number of hydrogen-bond donors (Lipinski definition) is 1. The van der Waals surface area contributed by atoms with Crippen molar-refractivity contribution in [3.8, 4) is 11.5 Å². The number of carboxylic acid groups (broad SMARTS) is 1. The Hall–Kier alpha value is -1.62. The Morgan fingerprint density at radius 1 is 1.19 bits per heavy atom. The number of halogens is 3. The predicted molar refractivity (Wildman–Crippen MR) is 107 cm³/mol. The number of carboxylic acids is 1. The van der Waals surface area contributed by atoms with Gasteiger partial charge in [-0.2, -0.15) is 0 Å². The Balaban J connectivity index is 1.78. The fourth-order valence-corrected chi connectivity index (χ4v) is 4.07. The van der Waals surface area contributed by atoms with Crippen LogP contribution in [0.2, 0.25) is 15.1 Å². The average Bonchev–Trinajstić information content (AvgIpc) is 2.85. The molecule has 7 heteroatoms. The van der Waals surface area contributed by atoms with Crippen molar-refractivity contribution in [2.24, 2.45) is 0 Å². The van der Waals surface area contributed by atoms with Crippen LogP contribution >= 0.6 is 34.8 Å². The molecular formula is C20H19Cl3O4. The number of aliphatic carboxylic acids is 1. The van der Waals surface area contributed by atoms with Gasteiger partial charge in [-0.1, -0.05) is 34.8 Å². The molecule has 27 heavy (non-hydrogen) atoms. The number of carbonyl (C=O) groups is 1. The Labute approximate surface area is 172 Å². The highest BCUT2D eigenvalue weighted by atomic mass is 35.5. The van der Waals surface area contributed by atoms with Crippen molar-refractivity contribution in [2.75, 3.05) is 0 Å². The van der Waals surface area contributed by atoms with Crippen molar-refractivity contribution in [3.05, 3.63) is 56.0 Å². The van der Waals surface area contributed by atoms with Crippen LogP contribution in [0.5, 0.6) is 11.5 Å². The number of fused-ring (bicyclic) bond motifs is 1. The first-order valence-corrected chi connectivity index (χ1v) is 9.61. The van der Waals surface area contributed by atoms with Crippen LogP contribution in [0.3, 0.4) is 0 Å². The third kappa shape index (κ3) is 4.81. The highest BCUT2D eigenvalue weighted by Crippen LogP contribution is 2.40. The summed E-state index contributed by atoms with van der Waals surface area (Å²) in [6.07, 6.45) is 1.01. The number of rotatable bonds is 6. The molecule has 0 aliphatic carbocycles. The van der Waals surface area contributed by atoms with E-state index in [0.29, 0.717) is 26.4 Å². The van der Waals surface area contributed by atoms with Gasteiger partial charge in [0.1, 0.15) is 23.7 Å². The molecule has 3 rings (SSSR count). The van der Waals surface area contributed by atoms with Gasteiger partial charge in [0.05, 0.1) is 0 Å². The van der Waals surface area contributed by atoms with E-state index < -0.39 is 5.97 Å². The first-order chi connectivity index (χ1) is 12.6.